The maximum atomic E-state index is 13.0. The number of amides is 1. The van der Waals surface area contributed by atoms with Gasteiger partial charge in [0.2, 0.25) is 0 Å². The number of anilines is 2. The van der Waals surface area contributed by atoms with Crippen LogP contribution in [0.15, 0.2) is 48.5 Å². The molecular formula is C16H14FN5O. The zero-order valence-electron chi connectivity index (χ0n) is 12.3. The molecule has 1 aromatic heterocycles. The molecule has 0 aliphatic heterocycles. The van der Waals surface area contributed by atoms with Crippen LogP contribution in [-0.2, 0) is 0 Å². The van der Waals surface area contributed by atoms with Crippen LogP contribution in [0.25, 0.3) is 5.69 Å². The van der Waals surface area contributed by atoms with Gasteiger partial charge >= 0.3 is 0 Å². The highest BCUT2D eigenvalue weighted by atomic mass is 19.1. The molecule has 0 spiro atoms. The molecule has 1 heterocycles. The summed E-state index contributed by atoms with van der Waals surface area (Å²) in [6.07, 6.45) is 0. The van der Waals surface area contributed by atoms with E-state index in [1.807, 2.05) is 25.1 Å². The van der Waals surface area contributed by atoms with E-state index < -0.39 is 5.91 Å². The van der Waals surface area contributed by atoms with E-state index in [0.717, 1.165) is 5.56 Å². The van der Waals surface area contributed by atoms with E-state index in [4.69, 9.17) is 5.73 Å². The second-order valence-corrected chi connectivity index (χ2v) is 4.98. The van der Waals surface area contributed by atoms with E-state index in [9.17, 15) is 9.18 Å². The van der Waals surface area contributed by atoms with Crippen LogP contribution < -0.4 is 11.1 Å². The molecule has 0 saturated carbocycles. The highest BCUT2D eigenvalue weighted by Crippen LogP contribution is 2.18. The molecule has 0 fully saturated rings. The topological polar surface area (TPSA) is 85.8 Å². The number of aryl methyl sites for hydroxylation is 1. The van der Waals surface area contributed by atoms with Crippen molar-refractivity contribution in [2.75, 3.05) is 11.1 Å². The third-order valence-corrected chi connectivity index (χ3v) is 3.38. The first-order valence-corrected chi connectivity index (χ1v) is 6.90. The fourth-order valence-corrected chi connectivity index (χ4v) is 2.12. The van der Waals surface area contributed by atoms with Crippen molar-refractivity contribution in [1.82, 2.24) is 15.0 Å². The average Bonchev–Trinajstić information content (AvgIpc) is 2.92. The fourth-order valence-electron chi connectivity index (χ4n) is 2.12. The number of carbonyl (C=O) groups excluding carboxylic acids is 1. The maximum absolute atomic E-state index is 13.0. The molecular weight excluding hydrogens is 297 g/mol. The summed E-state index contributed by atoms with van der Waals surface area (Å²) in [7, 11) is 0. The summed E-state index contributed by atoms with van der Waals surface area (Å²) in [4.78, 5) is 12.3. The molecule has 0 aliphatic carbocycles. The number of nitrogens with one attached hydrogen (secondary N) is 1. The van der Waals surface area contributed by atoms with E-state index in [2.05, 4.69) is 15.6 Å². The number of hydrogen-bond acceptors (Lipinski definition) is 4. The second kappa shape index (κ2) is 5.88. The molecule has 0 aliphatic rings. The summed E-state index contributed by atoms with van der Waals surface area (Å²) in [5.41, 5.74) is 8.08. The SMILES string of the molecule is Cc1ccccc1NC(=O)c1nnn(-c2ccc(F)cc2)c1N. The number of nitrogens with zero attached hydrogens (tertiary/aromatic N) is 3. The summed E-state index contributed by atoms with van der Waals surface area (Å²) in [6.45, 7) is 1.88. The number of halogens is 1. The Bertz CT molecular complexity index is 857. The van der Waals surface area contributed by atoms with Crippen LogP contribution in [0, 0.1) is 12.7 Å². The zero-order chi connectivity index (χ0) is 16.4. The monoisotopic (exact) mass is 311 g/mol. The van der Waals surface area contributed by atoms with Crippen LogP contribution in [0.3, 0.4) is 0 Å². The lowest BCUT2D eigenvalue weighted by Crippen LogP contribution is -2.15. The summed E-state index contributed by atoms with van der Waals surface area (Å²) in [5.74, 6) is -0.738. The van der Waals surface area contributed by atoms with E-state index in [1.54, 1.807) is 6.07 Å². The lowest BCUT2D eigenvalue weighted by molar-refractivity contribution is 0.102. The number of para-hydroxylation sites is 1. The Morgan fingerprint density at radius 1 is 1.17 bits per heavy atom. The second-order valence-electron chi connectivity index (χ2n) is 4.98. The Morgan fingerprint density at radius 2 is 1.87 bits per heavy atom. The van der Waals surface area contributed by atoms with Gasteiger partial charge < -0.3 is 11.1 Å². The standard InChI is InChI=1S/C16H14FN5O/c1-10-4-2-3-5-13(10)19-16(23)14-15(18)22(21-20-14)12-8-6-11(17)7-9-12/h2-9H,18H2,1H3,(H,19,23). The molecule has 0 saturated heterocycles. The van der Waals surface area contributed by atoms with Crippen LogP contribution in [0.5, 0.6) is 0 Å². The molecule has 3 rings (SSSR count). The van der Waals surface area contributed by atoms with Crippen molar-refractivity contribution in [3.63, 3.8) is 0 Å². The molecule has 116 valence electrons. The summed E-state index contributed by atoms with van der Waals surface area (Å²) >= 11 is 0. The number of rotatable bonds is 3. The van der Waals surface area contributed by atoms with Gasteiger partial charge in [0.25, 0.3) is 5.91 Å². The average molecular weight is 311 g/mol. The molecule has 3 N–H and O–H groups in total. The van der Waals surface area contributed by atoms with Gasteiger partial charge in [-0.25, -0.2) is 4.39 Å². The summed E-state index contributed by atoms with van der Waals surface area (Å²) in [5, 5.41) is 10.4. The lowest BCUT2D eigenvalue weighted by Gasteiger charge is -2.07. The molecule has 6 nitrogen and oxygen atoms in total. The minimum atomic E-state index is -0.454. The predicted molar refractivity (Wildman–Crippen MR) is 84.9 cm³/mol. The molecule has 3 aromatic rings. The van der Waals surface area contributed by atoms with Gasteiger partial charge in [0.05, 0.1) is 5.69 Å². The minimum Gasteiger partial charge on any atom is -0.382 e. The van der Waals surface area contributed by atoms with Gasteiger partial charge in [0.15, 0.2) is 11.5 Å². The highest BCUT2D eigenvalue weighted by molar-refractivity contribution is 6.06. The Morgan fingerprint density at radius 3 is 2.57 bits per heavy atom. The van der Waals surface area contributed by atoms with Crippen LogP contribution in [0.1, 0.15) is 16.1 Å². The van der Waals surface area contributed by atoms with Gasteiger partial charge in [-0.1, -0.05) is 23.4 Å². The van der Waals surface area contributed by atoms with Crippen molar-refractivity contribution in [2.24, 2.45) is 0 Å². The minimum absolute atomic E-state index is 0.0116. The Labute approximate surface area is 131 Å². The maximum Gasteiger partial charge on any atom is 0.280 e. The van der Waals surface area contributed by atoms with Crippen molar-refractivity contribution < 1.29 is 9.18 Å². The number of aromatic nitrogens is 3. The van der Waals surface area contributed by atoms with Crippen molar-refractivity contribution in [1.29, 1.82) is 0 Å². The largest absolute Gasteiger partial charge is 0.382 e. The highest BCUT2D eigenvalue weighted by Gasteiger charge is 2.19. The normalized spacial score (nSPS) is 10.5. The molecule has 1 amide bonds. The van der Waals surface area contributed by atoms with Crippen molar-refractivity contribution in [3.05, 3.63) is 65.6 Å². The summed E-state index contributed by atoms with van der Waals surface area (Å²) in [6, 6.07) is 12.9. The molecule has 0 unspecified atom stereocenters. The van der Waals surface area contributed by atoms with Gasteiger partial charge in [-0.2, -0.15) is 4.68 Å². The van der Waals surface area contributed by atoms with Gasteiger partial charge in [-0.05, 0) is 42.8 Å². The number of carbonyl (C=O) groups is 1. The van der Waals surface area contributed by atoms with Crippen LogP contribution in [-0.4, -0.2) is 20.9 Å². The molecule has 2 aromatic carbocycles. The number of nitrogens with two attached hydrogens (primary N) is 1. The smallest absolute Gasteiger partial charge is 0.280 e. The first-order valence-electron chi connectivity index (χ1n) is 6.90. The Balaban J connectivity index is 1.88. The van der Waals surface area contributed by atoms with Crippen LogP contribution in [0.4, 0.5) is 15.9 Å². The van der Waals surface area contributed by atoms with Crippen LogP contribution in [0.2, 0.25) is 0 Å². The number of hydrogen-bond donors (Lipinski definition) is 2. The molecule has 23 heavy (non-hydrogen) atoms. The van der Waals surface area contributed by atoms with Crippen molar-refractivity contribution in [2.45, 2.75) is 6.92 Å². The molecule has 0 radical (unpaired) electrons. The third kappa shape index (κ3) is 2.89. The van der Waals surface area contributed by atoms with Gasteiger partial charge in [0.1, 0.15) is 5.82 Å². The van der Waals surface area contributed by atoms with Crippen molar-refractivity contribution in [3.8, 4) is 5.69 Å². The third-order valence-electron chi connectivity index (χ3n) is 3.38. The molecule has 0 bridgehead atoms. The van der Waals surface area contributed by atoms with E-state index >= 15 is 0 Å². The summed E-state index contributed by atoms with van der Waals surface area (Å²) < 4.78 is 14.3. The zero-order valence-corrected chi connectivity index (χ0v) is 12.3. The quantitative estimate of drug-likeness (QED) is 0.778. The molecule has 0 atom stereocenters. The van der Waals surface area contributed by atoms with E-state index in [1.165, 1.54) is 28.9 Å². The lowest BCUT2D eigenvalue weighted by atomic mass is 10.2. The van der Waals surface area contributed by atoms with Crippen LogP contribution >= 0.6 is 0 Å². The Kier molecular flexibility index (Phi) is 3.76. The fraction of sp³-hybridized carbons (Fsp3) is 0.0625. The van der Waals surface area contributed by atoms with Gasteiger partial charge in [-0.3, -0.25) is 4.79 Å². The predicted octanol–water partition coefficient (Wildman–Crippen LogP) is 2.55. The number of nitrogen functional groups attached to an aromatic ring is 1. The Hall–Kier alpha value is -3.22. The first-order chi connectivity index (χ1) is 11.1. The number of benzene rings is 2. The van der Waals surface area contributed by atoms with Crippen molar-refractivity contribution >= 4 is 17.4 Å². The first kappa shape index (κ1) is 14.7. The molecule has 7 heteroatoms. The van der Waals surface area contributed by atoms with E-state index in [0.29, 0.717) is 11.4 Å². The van der Waals surface area contributed by atoms with Gasteiger partial charge in [-0.15, -0.1) is 5.10 Å². The van der Waals surface area contributed by atoms with Gasteiger partial charge in [0, 0.05) is 5.69 Å². The van der Waals surface area contributed by atoms with E-state index in [-0.39, 0.29) is 17.3 Å².